The zero-order chi connectivity index (χ0) is 25.5. The minimum Gasteiger partial charge on any atom is -0.469 e. The van der Waals surface area contributed by atoms with Gasteiger partial charge in [-0.1, -0.05) is 54.6 Å². The summed E-state index contributed by atoms with van der Waals surface area (Å²) < 4.78 is 37.8. The first kappa shape index (κ1) is 25.6. The second kappa shape index (κ2) is 8.65. The summed E-state index contributed by atoms with van der Waals surface area (Å²) in [7, 11) is 25.6. The Hall–Kier alpha value is -3.01. The number of ether oxygens (including phenoxy) is 2. The number of hydrogen-bond donors (Lipinski definition) is 1. The molecular formula is C20H14B5NO7S. The Bertz CT molecular complexity index is 1260. The predicted molar refractivity (Wildman–Crippen MR) is 126 cm³/mol. The molecule has 0 bridgehead atoms. The molecule has 0 amide bonds. The van der Waals surface area contributed by atoms with E-state index in [-0.39, 0.29) is 16.7 Å². The number of carbonyl (C=O) groups is 2. The maximum atomic E-state index is 13.0. The van der Waals surface area contributed by atoms with Gasteiger partial charge >= 0.3 is 10.1 Å². The van der Waals surface area contributed by atoms with Crippen molar-refractivity contribution in [1.29, 1.82) is 0 Å². The van der Waals surface area contributed by atoms with Crippen LogP contribution in [0.25, 0.3) is 0 Å². The van der Waals surface area contributed by atoms with Crippen molar-refractivity contribution in [3.05, 3.63) is 82.9 Å². The maximum absolute atomic E-state index is 13.0. The summed E-state index contributed by atoms with van der Waals surface area (Å²) in [6.07, 6.45) is 0. The molecule has 0 aromatic heterocycles. The number of methoxy groups -OCH3 is 1. The minimum atomic E-state index is -4.86. The largest absolute Gasteiger partial charge is 0.469 e. The van der Waals surface area contributed by atoms with Crippen LogP contribution in [0.5, 0.6) is 0 Å². The smallest absolute Gasteiger partial charge is 0.302 e. The standard InChI is InChI=1S/C20H14B5NO7S/c1-31-17(28)18(21,22)11-7-9-12(10-8-11)19(23)15(27)14(16(26)32-19)33-34(29,30)20(24,25)13-5-3-2-4-6-13/h2-10H,26H2,1H3/t19-/m1/s1. The van der Waals surface area contributed by atoms with Crippen molar-refractivity contribution in [3.63, 3.8) is 0 Å². The second-order valence-electron chi connectivity index (χ2n) is 7.49. The first-order valence-electron chi connectivity index (χ1n) is 9.55. The van der Waals surface area contributed by atoms with Crippen LogP contribution in [0.15, 0.2) is 66.2 Å². The van der Waals surface area contributed by atoms with Gasteiger partial charge in [0.1, 0.15) is 7.85 Å². The molecule has 2 aromatic carbocycles. The fourth-order valence-corrected chi connectivity index (χ4v) is 4.06. The molecule has 2 N–H and O–H groups in total. The highest BCUT2D eigenvalue weighted by atomic mass is 32.2. The van der Waals surface area contributed by atoms with E-state index in [0.29, 0.717) is 0 Å². The van der Waals surface area contributed by atoms with Crippen LogP contribution in [-0.4, -0.2) is 66.5 Å². The molecule has 0 unspecified atom stereocenters. The average Bonchev–Trinajstić information content (AvgIpc) is 3.02. The van der Waals surface area contributed by atoms with Gasteiger partial charge in [0.15, 0.2) is 5.50 Å². The van der Waals surface area contributed by atoms with Crippen LogP contribution < -0.4 is 5.73 Å². The molecule has 0 spiro atoms. The lowest BCUT2D eigenvalue weighted by molar-refractivity contribution is -0.141. The first-order valence-corrected chi connectivity index (χ1v) is 11.0. The fraction of sp³-hybridized carbons (Fsp3) is 0.200. The van der Waals surface area contributed by atoms with Crippen LogP contribution in [0.1, 0.15) is 16.7 Å². The minimum absolute atomic E-state index is 0.00667. The summed E-state index contributed by atoms with van der Waals surface area (Å²) in [4.78, 5) is 24.8. The Morgan fingerprint density at radius 3 is 2.09 bits per heavy atom. The number of ketones is 1. The molecule has 34 heavy (non-hydrogen) atoms. The van der Waals surface area contributed by atoms with E-state index in [0.717, 1.165) is 7.11 Å². The summed E-state index contributed by atoms with van der Waals surface area (Å²) >= 11 is 0. The highest BCUT2D eigenvalue weighted by Crippen LogP contribution is 2.38. The first-order chi connectivity index (χ1) is 15.7. The number of Topliss-reactive ketones (excluding diaryl/α,β-unsaturated/α-hetero) is 1. The van der Waals surface area contributed by atoms with E-state index in [1.165, 1.54) is 48.5 Å². The van der Waals surface area contributed by atoms with Crippen LogP contribution >= 0.6 is 0 Å². The third kappa shape index (κ3) is 4.15. The van der Waals surface area contributed by atoms with Gasteiger partial charge in [0.25, 0.3) is 5.97 Å². The van der Waals surface area contributed by atoms with Crippen LogP contribution in [0.2, 0.25) is 0 Å². The van der Waals surface area contributed by atoms with Crippen molar-refractivity contribution in [3.8, 4) is 0 Å². The lowest BCUT2D eigenvalue weighted by Gasteiger charge is -2.27. The quantitative estimate of drug-likeness (QED) is 0.310. The summed E-state index contributed by atoms with van der Waals surface area (Å²) in [5.41, 5.74) is 3.60. The Balaban J connectivity index is 1.89. The highest BCUT2D eigenvalue weighted by Gasteiger charge is 2.50. The molecule has 0 saturated heterocycles. The Kier molecular flexibility index (Phi) is 6.52. The van der Waals surface area contributed by atoms with Crippen molar-refractivity contribution in [1.82, 2.24) is 0 Å². The average molecular weight is 466 g/mol. The molecule has 162 valence electrons. The molecule has 1 heterocycles. The van der Waals surface area contributed by atoms with Crippen molar-refractivity contribution < 1.29 is 31.7 Å². The van der Waals surface area contributed by atoms with Gasteiger partial charge in [-0.25, -0.2) is 0 Å². The van der Waals surface area contributed by atoms with Gasteiger partial charge in [-0.3, -0.25) is 9.59 Å². The normalized spacial score (nSPS) is 18.9. The Labute approximate surface area is 203 Å². The van der Waals surface area contributed by atoms with E-state index >= 15 is 0 Å². The van der Waals surface area contributed by atoms with E-state index in [4.69, 9.17) is 53.9 Å². The number of esters is 1. The summed E-state index contributed by atoms with van der Waals surface area (Å²) in [5, 5.41) is -1.97. The van der Waals surface area contributed by atoms with Gasteiger partial charge in [-0.2, -0.15) is 8.42 Å². The maximum Gasteiger partial charge on any atom is 0.302 e. The monoisotopic (exact) mass is 467 g/mol. The van der Waals surface area contributed by atoms with E-state index in [1.807, 2.05) is 0 Å². The number of rotatable bonds is 7. The van der Waals surface area contributed by atoms with Crippen molar-refractivity contribution >= 4 is 61.1 Å². The number of carbonyl (C=O) groups excluding carboxylic acids is 2. The van der Waals surface area contributed by atoms with E-state index in [2.05, 4.69) is 4.74 Å². The topological polar surface area (TPSA) is 122 Å². The second-order valence-corrected chi connectivity index (χ2v) is 9.25. The molecule has 0 saturated carbocycles. The molecule has 1 atom stereocenters. The van der Waals surface area contributed by atoms with Crippen LogP contribution in [-0.2, 0) is 48.6 Å². The SMILES string of the molecule is [B]C([B])(C(=O)OC)c1ccc([C@@]2([B])OC(N)=C(OS(=O)(=O)C([B])([B])c3ccccc3)C2=O)cc1. The predicted octanol–water partition coefficient (Wildman–Crippen LogP) is -1.11. The summed E-state index contributed by atoms with van der Waals surface area (Å²) in [6.45, 7) is 0. The fourth-order valence-electron chi connectivity index (χ4n) is 3.12. The zero-order valence-electron chi connectivity index (χ0n) is 17.9. The third-order valence-corrected chi connectivity index (χ3v) is 6.63. The molecule has 1 aliphatic heterocycles. The molecule has 2 aromatic rings. The van der Waals surface area contributed by atoms with Crippen molar-refractivity contribution in [2.24, 2.45) is 5.73 Å². The van der Waals surface area contributed by atoms with Crippen LogP contribution in [0.4, 0.5) is 0 Å². The summed E-state index contributed by atoms with van der Waals surface area (Å²) in [6, 6.07) is 12.6. The lowest BCUT2D eigenvalue weighted by atomic mass is 9.51. The lowest BCUT2D eigenvalue weighted by Crippen LogP contribution is -2.40. The van der Waals surface area contributed by atoms with Gasteiger partial charge < -0.3 is 19.4 Å². The third-order valence-electron chi connectivity index (χ3n) is 5.18. The molecule has 0 fully saturated rings. The number of hydrogen-bond acceptors (Lipinski definition) is 8. The molecule has 14 heteroatoms. The molecule has 3 rings (SSSR count). The molecule has 0 aliphatic carbocycles. The Morgan fingerprint density at radius 1 is 1.00 bits per heavy atom. The molecule has 8 nitrogen and oxygen atoms in total. The van der Waals surface area contributed by atoms with Crippen LogP contribution in [0.3, 0.4) is 0 Å². The van der Waals surface area contributed by atoms with E-state index in [1.54, 1.807) is 6.07 Å². The van der Waals surface area contributed by atoms with Gasteiger partial charge in [-0.15, -0.1) is 0 Å². The zero-order valence-corrected chi connectivity index (χ0v) is 18.7. The number of nitrogens with two attached hydrogens (primary N) is 1. The van der Waals surface area contributed by atoms with Crippen LogP contribution in [0, 0.1) is 0 Å². The number of benzene rings is 2. The van der Waals surface area contributed by atoms with Gasteiger partial charge in [0.05, 0.1) is 43.0 Å². The van der Waals surface area contributed by atoms with Gasteiger partial charge in [0.2, 0.25) is 17.4 Å². The van der Waals surface area contributed by atoms with Crippen molar-refractivity contribution in [2.75, 3.05) is 7.11 Å². The molecule has 10 radical (unpaired) electrons. The van der Waals surface area contributed by atoms with E-state index < -0.39 is 48.8 Å². The highest BCUT2D eigenvalue weighted by molar-refractivity contribution is 7.90. The van der Waals surface area contributed by atoms with Gasteiger partial charge in [-0.05, 0) is 16.7 Å². The van der Waals surface area contributed by atoms with E-state index in [9.17, 15) is 18.0 Å². The van der Waals surface area contributed by atoms with Gasteiger partial charge in [0, 0.05) is 5.21 Å². The van der Waals surface area contributed by atoms with Crippen molar-refractivity contribution in [2.45, 2.75) is 15.3 Å². The Morgan fingerprint density at radius 2 is 1.56 bits per heavy atom. The summed E-state index contributed by atoms with van der Waals surface area (Å²) in [5.74, 6) is -3.63. The molecular weight excluding hydrogens is 452 g/mol. The molecule has 1 aliphatic rings.